The maximum Gasteiger partial charge on any atom is 0.404 e. The number of ether oxygens (including phenoxy) is 1. The molecule has 0 aromatic heterocycles. The van der Waals surface area contributed by atoms with Crippen molar-refractivity contribution in [2.75, 3.05) is 18.9 Å². The third kappa shape index (κ3) is 4.27. The number of sulfonamides is 1. The van der Waals surface area contributed by atoms with Crippen molar-refractivity contribution < 1.29 is 17.9 Å². The number of benzene rings is 1. The van der Waals surface area contributed by atoms with Crippen LogP contribution in [0.15, 0.2) is 17.0 Å². The quantitative estimate of drug-likeness (QED) is 0.543. The molecule has 1 aromatic carbocycles. The van der Waals surface area contributed by atoms with E-state index >= 15 is 0 Å². The minimum Gasteiger partial charge on any atom is -0.448 e. The Hall–Kier alpha value is -1.51. The number of nitrogen functional groups attached to an aromatic ring is 1. The zero-order valence-electron chi connectivity index (χ0n) is 10.1. The third-order valence-electron chi connectivity index (χ3n) is 2.31. The number of nitrogens with one attached hydrogen (secondary N) is 1. The molecule has 0 fully saturated rings. The zero-order chi connectivity index (χ0) is 14.6. The predicted molar refractivity (Wildman–Crippen MR) is 71.3 cm³/mol. The number of anilines is 1. The van der Waals surface area contributed by atoms with Crippen molar-refractivity contribution in [3.8, 4) is 0 Å². The Balaban J connectivity index is 2.80. The Morgan fingerprint density at radius 2 is 2.11 bits per heavy atom. The van der Waals surface area contributed by atoms with E-state index in [1.54, 1.807) is 6.92 Å². The lowest BCUT2D eigenvalue weighted by Gasteiger charge is -2.10. The lowest BCUT2D eigenvalue weighted by molar-refractivity contribution is 0.159. The van der Waals surface area contributed by atoms with Crippen LogP contribution in [-0.4, -0.2) is 27.7 Å². The molecule has 0 unspecified atom stereocenters. The first-order valence-corrected chi connectivity index (χ1v) is 7.07. The minimum absolute atomic E-state index is 0.0559. The largest absolute Gasteiger partial charge is 0.448 e. The summed E-state index contributed by atoms with van der Waals surface area (Å²) in [7, 11) is -3.77. The molecule has 1 amide bonds. The number of hydrogen-bond acceptors (Lipinski definition) is 5. The Kier molecular flexibility index (Phi) is 4.98. The van der Waals surface area contributed by atoms with Crippen molar-refractivity contribution in [2.24, 2.45) is 5.73 Å². The van der Waals surface area contributed by atoms with Crippen LogP contribution in [0, 0.1) is 6.92 Å². The Bertz CT molecular complexity index is 565. The summed E-state index contributed by atoms with van der Waals surface area (Å²) in [4.78, 5) is 10.3. The van der Waals surface area contributed by atoms with Crippen molar-refractivity contribution in [1.82, 2.24) is 4.72 Å². The highest BCUT2D eigenvalue weighted by atomic mass is 35.5. The molecule has 106 valence electrons. The van der Waals surface area contributed by atoms with Gasteiger partial charge in [-0.15, -0.1) is 0 Å². The van der Waals surface area contributed by atoms with Gasteiger partial charge in [0.2, 0.25) is 10.0 Å². The standard InChI is InChI=1S/C10H14ClN3O4S/c1-6-8(11)4-7(5-9(6)12)19(16,17)14-2-3-18-10(13)15/h4-5,14H,2-3,12H2,1H3,(H2,13,15). The highest BCUT2D eigenvalue weighted by Gasteiger charge is 2.16. The fraction of sp³-hybridized carbons (Fsp3) is 0.300. The first kappa shape index (κ1) is 15.5. The summed E-state index contributed by atoms with van der Waals surface area (Å²) in [6.07, 6.45) is -0.971. The SMILES string of the molecule is Cc1c(N)cc(S(=O)(=O)NCCOC(N)=O)cc1Cl. The Labute approximate surface area is 115 Å². The summed E-state index contributed by atoms with van der Waals surface area (Å²) in [6.45, 7) is 1.42. The summed E-state index contributed by atoms with van der Waals surface area (Å²) in [5, 5.41) is 0.258. The molecule has 0 saturated heterocycles. The second-order valence-corrected chi connectivity index (χ2v) is 5.86. The molecule has 0 heterocycles. The molecule has 0 aliphatic rings. The van der Waals surface area contributed by atoms with E-state index in [0.29, 0.717) is 5.56 Å². The van der Waals surface area contributed by atoms with E-state index in [-0.39, 0.29) is 28.8 Å². The van der Waals surface area contributed by atoms with E-state index < -0.39 is 16.1 Å². The molecule has 0 spiro atoms. The van der Waals surface area contributed by atoms with Crippen LogP contribution in [0.5, 0.6) is 0 Å². The fourth-order valence-electron chi connectivity index (χ4n) is 1.24. The molecule has 0 atom stereocenters. The molecule has 0 aliphatic heterocycles. The first-order valence-electron chi connectivity index (χ1n) is 5.21. The summed E-state index contributed by atoms with van der Waals surface area (Å²) in [5.74, 6) is 0. The van der Waals surface area contributed by atoms with E-state index in [9.17, 15) is 13.2 Å². The second-order valence-electron chi connectivity index (χ2n) is 3.68. The summed E-state index contributed by atoms with van der Waals surface area (Å²) >= 11 is 5.87. The van der Waals surface area contributed by atoms with Crippen LogP contribution in [0.4, 0.5) is 10.5 Å². The number of carbonyl (C=O) groups excluding carboxylic acids is 1. The van der Waals surface area contributed by atoms with Crippen molar-refractivity contribution in [2.45, 2.75) is 11.8 Å². The number of carbonyl (C=O) groups is 1. The monoisotopic (exact) mass is 307 g/mol. The smallest absolute Gasteiger partial charge is 0.404 e. The number of amides is 1. The van der Waals surface area contributed by atoms with Crippen molar-refractivity contribution >= 4 is 33.4 Å². The zero-order valence-corrected chi connectivity index (χ0v) is 11.7. The molecule has 0 radical (unpaired) electrons. The molecule has 5 N–H and O–H groups in total. The molecule has 0 saturated carbocycles. The Morgan fingerprint density at radius 1 is 1.47 bits per heavy atom. The number of hydrogen-bond donors (Lipinski definition) is 3. The number of nitrogens with two attached hydrogens (primary N) is 2. The van der Waals surface area contributed by atoms with Gasteiger partial charge in [0.1, 0.15) is 6.61 Å². The van der Waals surface area contributed by atoms with Gasteiger partial charge in [-0.25, -0.2) is 17.9 Å². The lowest BCUT2D eigenvalue weighted by atomic mass is 10.2. The molecule has 9 heteroatoms. The van der Waals surface area contributed by atoms with E-state index in [0.717, 1.165) is 0 Å². The average Bonchev–Trinajstić information content (AvgIpc) is 2.31. The molecular weight excluding hydrogens is 294 g/mol. The number of primary amides is 1. The Morgan fingerprint density at radius 3 is 2.63 bits per heavy atom. The van der Waals surface area contributed by atoms with Crippen molar-refractivity contribution in [1.29, 1.82) is 0 Å². The van der Waals surface area contributed by atoms with Gasteiger partial charge in [-0.1, -0.05) is 11.6 Å². The minimum atomic E-state index is -3.77. The molecule has 19 heavy (non-hydrogen) atoms. The topological polar surface area (TPSA) is 125 Å². The van der Waals surface area contributed by atoms with Gasteiger partial charge in [0, 0.05) is 17.3 Å². The molecule has 1 rings (SSSR count). The van der Waals surface area contributed by atoms with Crippen LogP contribution >= 0.6 is 11.6 Å². The van der Waals surface area contributed by atoms with Gasteiger partial charge >= 0.3 is 6.09 Å². The van der Waals surface area contributed by atoms with Crippen LogP contribution in [0.25, 0.3) is 0 Å². The number of halogens is 1. The molecule has 1 aromatic rings. The van der Waals surface area contributed by atoms with Gasteiger partial charge in [0.05, 0.1) is 4.90 Å². The van der Waals surface area contributed by atoms with Crippen LogP contribution < -0.4 is 16.2 Å². The first-order chi connectivity index (χ1) is 8.74. The predicted octanol–water partition coefficient (Wildman–Crippen LogP) is 0.604. The van der Waals surface area contributed by atoms with Crippen molar-refractivity contribution in [3.63, 3.8) is 0 Å². The fourth-order valence-corrected chi connectivity index (χ4v) is 2.61. The van der Waals surface area contributed by atoms with E-state index in [1.807, 2.05) is 0 Å². The van der Waals surface area contributed by atoms with E-state index in [1.165, 1.54) is 12.1 Å². The van der Waals surface area contributed by atoms with Crippen LogP contribution in [0.2, 0.25) is 5.02 Å². The van der Waals surface area contributed by atoms with Crippen LogP contribution in [0.3, 0.4) is 0 Å². The lowest BCUT2D eigenvalue weighted by Crippen LogP contribution is -2.29. The molecule has 0 bridgehead atoms. The molecule has 7 nitrogen and oxygen atoms in total. The number of rotatable bonds is 5. The maximum absolute atomic E-state index is 11.9. The highest BCUT2D eigenvalue weighted by Crippen LogP contribution is 2.25. The van der Waals surface area contributed by atoms with Gasteiger partial charge in [-0.05, 0) is 24.6 Å². The van der Waals surface area contributed by atoms with Gasteiger partial charge in [0.25, 0.3) is 0 Å². The molecular formula is C10H14ClN3O4S. The van der Waals surface area contributed by atoms with E-state index in [4.69, 9.17) is 23.1 Å². The summed E-state index contributed by atoms with van der Waals surface area (Å²) in [6, 6.07) is 2.60. The second kappa shape index (κ2) is 6.09. The molecule has 0 aliphatic carbocycles. The van der Waals surface area contributed by atoms with Gasteiger partial charge in [0.15, 0.2) is 0 Å². The highest BCUT2D eigenvalue weighted by molar-refractivity contribution is 7.89. The van der Waals surface area contributed by atoms with E-state index in [2.05, 4.69) is 9.46 Å². The normalized spacial score (nSPS) is 11.3. The summed E-state index contributed by atoms with van der Waals surface area (Å²) < 4.78 is 30.4. The third-order valence-corrected chi connectivity index (χ3v) is 4.14. The van der Waals surface area contributed by atoms with Crippen LogP contribution in [0.1, 0.15) is 5.56 Å². The van der Waals surface area contributed by atoms with Crippen LogP contribution in [-0.2, 0) is 14.8 Å². The average molecular weight is 308 g/mol. The maximum atomic E-state index is 11.9. The van der Waals surface area contributed by atoms with Gasteiger partial charge in [-0.2, -0.15) is 0 Å². The van der Waals surface area contributed by atoms with Gasteiger partial charge in [-0.3, -0.25) is 0 Å². The van der Waals surface area contributed by atoms with Gasteiger partial charge < -0.3 is 16.2 Å². The summed E-state index contributed by atoms with van der Waals surface area (Å²) in [5.41, 5.74) is 11.3. The van der Waals surface area contributed by atoms with Crippen molar-refractivity contribution in [3.05, 3.63) is 22.7 Å².